The van der Waals surface area contributed by atoms with E-state index >= 15 is 0 Å². The van der Waals surface area contributed by atoms with Crippen molar-refractivity contribution >= 4 is 139 Å². The molecule has 15 heterocycles. The maximum absolute atomic E-state index is 6.06. The molecule has 6 aliphatic heterocycles. The zero-order chi connectivity index (χ0) is 82.2. The lowest BCUT2D eigenvalue weighted by Crippen LogP contribution is -1.96. The maximum atomic E-state index is 6.06. The minimum atomic E-state index is 0.846. The van der Waals surface area contributed by atoms with E-state index in [0.717, 1.165) is 247 Å². The number of fused-ring (bicyclic) bond motifs is 24. The van der Waals surface area contributed by atoms with Gasteiger partial charge in [-0.25, -0.2) is 29.9 Å². The van der Waals surface area contributed by atoms with E-state index in [9.17, 15) is 0 Å². The van der Waals surface area contributed by atoms with E-state index in [1.165, 1.54) is 213 Å². The van der Waals surface area contributed by atoms with Crippen molar-refractivity contribution in [3.63, 3.8) is 0 Å². The molecule has 0 spiro atoms. The lowest BCUT2D eigenvalue weighted by atomic mass is 10.0. The predicted molar refractivity (Wildman–Crippen MR) is 517 cm³/mol. The lowest BCUT2D eigenvalue weighted by molar-refractivity contribution is 0.607. The Morgan fingerprint density at radius 1 is 0.175 bits per heavy atom. The number of hydrogen-bond donors (Lipinski definition) is 6. The molecule has 0 saturated carbocycles. The summed E-state index contributed by atoms with van der Waals surface area (Å²) in [5.41, 5.74) is 35.4. The first kappa shape index (κ1) is 84.8. The first-order chi connectivity index (χ1) is 59.3. The van der Waals surface area contributed by atoms with E-state index in [1.807, 2.05) is 0 Å². The lowest BCUT2D eigenvalue weighted by Gasteiger charge is -2.09. The molecule has 6 N–H and O–H groups in total. The highest BCUT2D eigenvalue weighted by molar-refractivity contribution is 6.04. The van der Waals surface area contributed by atoms with Crippen LogP contribution < -0.4 is 0 Å². The Morgan fingerprint density at radius 3 is 0.600 bits per heavy atom. The Bertz CT molecular complexity index is 5380. The summed E-state index contributed by atoms with van der Waals surface area (Å²) in [4.78, 5) is 59.5. The summed E-state index contributed by atoms with van der Waals surface area (Å²) < 4.78 is 0. The van der Waals surface area contributed by atoms with Crippen LogP contribution in [0, 0.1) is 0 Å². The van der Waals surface area contributed by atoms with Crippen LogP contribution in [0.1, 0.15) is 374 Å². The van der Waals surface area contributed by atoms with Gasteiger partial charge in [-0.15, -0.1) is 0 Å². The molecule has 120 heavy (non-hydrogen) atoms. The molecule has 0 amide bonds. The van der Waals surface area contributed by atoms with Crippen LogP contribution in [0.15, 0.2) is 84.9 Å². The number of aryl methyl sites for hydroxylation is 6. The molecule has 0 atom stereocenters. The number of nitrogens with zero attached hydrogens (tertiary/aromatic N) is 6. The van der Waals surface area contributed by atoms with Gasteiger partial charge in [-0.05, 0) is 235 Å². The van der Waals surface area contributed by atoms with Crippen LogP contribution in [0.5, 0.6) is 0 Å². The Labute approximate surface area is 714 Å². The van der Waals surface area contributed by atoms with E-state index in [4.69, 9.17) is 29.9 Å². The average molecular weight is 1600 g/mol. The van der Waals surface area contributed by atoms with Crippen molar-refractivity contribution in [3.05, 3.63) is 187 Å². The zero-order valence-electron chi connectivity index (χ0n) is 73.4. The molecule has 0 radical (unpaired) electrons. The van der Waals surface area contributed by atoms with Crippen molar-refractivity contribution in [2.24, 2.45) is 0 Å². The molecule has 626 valence electrons. The number of unbranched alkanes of at least 4 members (excludes halogenated alkanes) is 30. The van der Waals surface area contributed by atoms with E-state index in [1.54, 1.807) is 0 Å². The topological polar surface area (TPSA) is 172 Å². The monoisotopic (exact) mass is 1600 g/mol. The van der Waals surface area contributed by atoms with Gasteiger partial charge in [-0.3, -0.25) is 0 Å². The SMILES string of the molecule is CCCCCCCCc1c2nc(c(-c3c4nc(c(CCCCCCCC)c5ccc([nH]5)c(-c5c6nc(c(CCCCCCCC)c7ccc(cc8nc(c(CCCCCCCC)c9ccc5[nH]9)C=C8)[nH]7)C=C6)c5nc(c(CCCCCCCC)c6ccc3[nH]6)C=C5)C=C4)c3ccc([nH]3)c(CCCCCCCC)c3nc(cc4ccc1[nH]4)C=C3)C=C2. The molecule has 0 saturated heterocycles. The van der Waals surface area contributed by atoms with Gasteiger partial charge in [0.15, 0.2) is 0 Å². The van der Waals surface area contributed by atoms with Crippen LogP contribution >= 0.6 is 0 Å². The molecule has 12 heteroatoms. The van der Waals surface area contributed by atoms with Crippen molar-refractivity contribution in [3.8, 4) is 22.3 Å². The molecule has 9 aromatic heterocycles. The number of hydrogen-bond acceptors (Lipinski definition) is 6. The summed E-state index contributed by atoms with van der Waals surface area (Å²) in [6, 6.07) is 32.0. The Morgan fingerprint density at radius 2 is 0.358 bits per heavy atom. The molecule has 0 aromatic carbocycles. The van der Waals surface area contributed by atoms with Crippen molar-refractivity contribution < 1.29 is 0 Å². The highest BCUT2D eigenvalue weighted by atomic mass is 14.8. The van der Waals surface area contributed by atoms with Crippen LogP contribution in [-0.4, -0.2) is 59.8 Å². The summed E-state index contributed by atoms with van der Waals surface area (Å²) in [6.45, 7) is 13.8. The largest absolute Gasteiger partial charge is 0.355 e. The normalized spacial score (nSPS) is 12.8. The standard InChI is InChI=1S/C108H134N12/c1-7-13-19-25-31-37-43-79-85-53-49-75(109-85)73-76-50-54-86(110-76)80(44-38-32-26-20-14-8-2)90-58-66-98(114-90)105(97-65-57-89(79)113-97)107-101-69-61-93(117-101)83(47-41-35-29-23-17-11-5)95-63-71-103(119-95)108(104-72-64-96(120-104)84(94-62-70-102(107)118-94)48-42-36-30-24-18-12-6)106-99-67-59-91(115-99)81(45-39-33-27-21-15-9-3)87-55-51-77(111-87)74-78-52-56-88(112-78)82(92-60-68-100(106)116-92)46-40-34-28-22-16-10-4/h49-74,109,111,114,116-117,120H,7-48H2,1-6H3. The third-order valence-corrected chi connectivity index (χ3v) is 25.7. The molecule has 0 fully saturated rings. The van der Waals surface area contributed by atoms with Crippen LogP contribution in [0.4, 0.5) is 0 Å². The first-order valence-corrected chi connectivity index (χ1v) is 47.6. The number of aromatic amines is 6. The third kappa shape index (κ3) is 21.0. The number of H-pyrrole nitrogens is 6. The van der Waals surface area contributed by atoms with E-state index in [2.05, 4.69) is 229 Å². The smallest absolute Gasteiger partial charge is 0.0738 e. The second-order valence-corrected chi connectivity index (χ2v) is 34.9. The molecular weight excluding hydrogens is 1470 g/mol. The Balaban J connectivity index is 1.01. The van der Waals surface area contributed by atoms with Crippen LogP contribution in [-0.2, 0) is 38.5 Å². The number of rotatable bonds is 44. The van der Waals surface area contributed by atoms with Crippen LogP contribution in [0.2, 0.25) is 0 Å². The van der Waals surface area contributed by atoms with Gasteiger partial charge in [-0.1, -0.05) is 234 Å². The highest BCUT2D eigenvalue weighted by Gasteiger charge is 2.26. The summed E-state index contributed by atoms with van der Waals surface area (Å²) in [5, 5.41) is 0. The molecule has 0 unspecified atom stereocenters. The van der Waals surface area contributed by atoms with E-state index in [-0.39, 0.29) is 0 Å². The zero-order valence-corrected chi connectivity index (χ0v) is 73.4. The fourth-order valence-corrected chi connectivity index (χ4v) is 19.0. The molecule has 0 aliphatic carbocycles. The minimum Gasteiger partial charge on any atom is -0.355 e. The maximum Gasteiger partial charge on any atom is 0.0738 e. The van der Waals surface area contributed by atoms with Gasteiger partial charge < -0.3 is 29.9 Å². The summed E-state index contributed by atoms with van der Waals surface area (Å²) in [5.74, 6) is 0. The van der Waals surface area contributed by atoms with Gasteiger partial charge in [-0.2, -0.15) is 0 Å². The summed E-state index contributed by atoms with van der Waals surface area (Å²) in [7, 11) is 0. The van der Waals surface area contributed by atoms with Gasteiger partial charge in [0.25, 0.3) is 0 Å². The van der Waals surface area contributed by atoms with Gasteiger partial charge in [0.1, 0.15) is 0 Å². The summed E-state index contributed by atoms with van der Waals surface area (Å²) in [6.07, 6.45) is 75.9. The average Bonchev–Trinajstić information content (AvgIpc) is 1.60. The Hall–Kier alpha value is -10.2. The van der Waals surface area contributed by atoms with Gasteiger partial charge in [0, 0.05) is 122 Å². The Kier molecular flexibility index (Phi) is 30.3. The molecule has 24 bridgehead atoms. The first-order valence-electron chi connectivity index (χ1n) is 47.6. The number of nitrogens with one attached hydrogen (secondary N) is 6. The van der Waals surface area contributed by atoms with Gasteiger partial charge in [0.2, 0.25) is 0 Å². The predicted octanol–water partition coefficient (Wildman–Crippen LogP) is 31.3. The van der Waals surface area contributed by atoms with E-state index < -0.39 is 0 Å². The van der Waals surface area contributed by atoms with Crippen LogP contribution in [0.3, 0.4) is 0 Å². The molecule has 12 nitrogen and oxygen atoms in total. The molecule has 9 aromatic rings. The van der Waals surface area contributed by atoms with Crippen molar-refractivity contribution in [2.45, 2.75) is 311 Å². The van der Waals surface area contributed by atoms with Crippen molar-refractivity contribution in [1.82, 2.24) is 59.8 Å². The molecule has 15 rings (SSSR count). The van der Waals surface area contributed by atoms with Crippen molar-refractivity contribution in [2.75, 3.05) is 0 Å². The second-order valence-electron chi connectivity index (χ2n) is 34.9. The van der Waals surface area contributed by atoms with E-state index in [0.29, 0.717) is 0 Å². The fourth-order valence-electron chi connectivity index (χ4n) is 19.0. The highest BCUT2D eigenvalue weighted by Crippen LogP contribution is 2.42. The third-order valence-electron chi connectivity index (χ3n) is 25.7. The minimum absolute atomic E-state index is 0.846. The fraction of sp³-hybridized carbons (Fsp3) is 0.444. The quantitative estimate of drug-likeness (QED) is 0.0208. The van der Waals surface area contributed by atoms with Crippen LogP contribution in [0.25, 0.3) is 161 Å². The van der Waals surface area contributed by atoms with Gasteiger partial charge in [0.05, 0.1) is 68.3 Å². The molecule has 6 aliphatic rings. The van der Waals surface area contributed by atoms with Gasteiger partial charge >= 0.3 is 0 Å². The second kappa shape index (κ2) is 42.8. The van der Waals surface area contributed by atoms with Crippen molar-refractivity contribution in [1.29, 1.82) is 0 Å². The summed E-state index contributed by atoms with van der Waals surface area (Å²) >= 11 is 0. The number of aromatic nitrogens is 12. The molecular formula is C108H134N12.